The summed E-state index contributed by atoms with van der Waals surface area (Å²) in [6.45, 7) is 5.10. The van der Waals surface area contributed by atoms with Gasteiger partial charge in [-0.3, -0.25) is 13.9 Å². The van der Waals surface area contributed by atoms with E-state index in [0.717, 1.165) is 21.0 Å². The van der Waals surface area contributed by atoms with Gasteiger partial charge in [0.2, 0.25) is 11.8 Å². The van der Waals surface area contributed by atoms with E-state index >= 15 is 0 Å². The minimum atomic E-state index is -4.24. The molecule has 0 radical (unpaired) electrons. The number of likely N-dealkylation sites (N-methyl/N-ethyl adjacent to an activating group) is 1. The van der Waals surface area contributed by atoms with Gasteiger partial charge in [-0.25, -0.2) is 8.42 Å². The van der Waals surface area contributed by atoms with Gasteiger partial charge in [-0.2, -0.15) is 0 Å². The number of nitrogens with one attached hydrogen (secondary N) is 1. The SMILES string of the molecule is CCC(C(=O)NC)N(Cc1ccccc1C)C(=O)CN(c1cc(Cl)ccc1Cl)S(=O)(=O)c1ccc(C)cc1. The predicted molar refractivity (Wildman–Crippen MR) is 152 cm³/mol. The quantitative estimate of drug-likeness (QED) is 0.352. The van der Waals surface area contributed by atoms with E-state index < -0.39 is 28.5 Å². The molecule has 0 aromatic heterocycles. The molecule has 1 atom stereocenters. The molecule has 0 spiro atoms. The first-order valence-corrected chi connectivity index (χ1v) is 14.3. The van der Waals surface area contributed by atoms with Crippen molar-refractivity contribution < 1.29 is 18.0 Å². The van der Waals surface area contributed by atoms with Crippen molar-refractivity contribution in [2.45, 2.75) is 44.7 Å². The Bertz CT molecular complexity index is 1410. The van der Waals surface area contributed by atoms with Crippen LogP contribution in [0.15, 0.2) is 71.6 Å². The van der Waals surface area contributed by atoms with Crippen LogP contribution >= 0.6 is 23.2 Å². The standard InChI is InChI=1S/C28H31Cl2N3O4S/c1-5-25(28(35)31-4)32(17-21-9-7-6-8-20(21)3)27(34)18-33(26-16-22(29)12-15-24(26)30)38(36,37)23-13-10-19(2)11-14-23/h6-16,25H,5,17-18H2,1-4H3,(H,31,35). The van der Waals surface area contributed by atoms with Gasteiger partial charge in [0.1, 0.15) is 12.6 Å². The molecule has 3 aromatic rings. The number of hydrogen-bond donors (Lipinski definition) is 1. The van der Waals surface area contributed by atoms with Crippen molar-refractivity contribution in [3.8, 4) is 0 Å². The number of anilines is 1. The third-order valence-corrected chi connectivity index (χ3v) is 8.63. The monoisotopic (exact) mass is 575 g/mol. The first-order chi connectivity index (χ1) is 18.0. The van der Waals surface area contributed by atoms with Crippen LogP contribution in [0.3, 0.4) is 0 Å². The van der Waals surface area contributed by atoms with Gasteiger partial charge in [0.15, 0.2) is 0 Å². The summed E-state index contributed by atoms with van der Waals surface area (Å²) in [4.78, 5) is 28.2. The minimum absolute atomic E-state index is 0.00395. The van der Waals surface area contributed by atoms with Crippen LogP contribution in [0.2, 0.25) is 10.0 Å². The summed E-state index contributed by atoms with van der Waals surface area (Å²) in [6.07, 6.45) is 0.333. The number of halogens is 2. The van der Waals surface area contributed by atoms with Crippen molar-refractivity contribution in [2.24, 2.45) is 0 Å². The summed E-state index contributed by atoms with van der Waals surface area (Å²) < 4.78 is 28.7. The zero-order valence-corrected chi connectivity index (χ0v) is 24.1. The number of nitrogens with zero attached hydrogens (tertiary/aromatic N) is 2. The zero-order valence-electron chi connectivity index (χ0n) is 21.7. The Kier molecular flexibility index (Phi) is 9.82. The highest BCUT2D eigenvalue weighted by atomic mass is 35.5. The topological polar surface area (TPSA) is 86.8 Å². The summed E-state index contributed by atoms with van der Waals surface area (Å²) in [5.41, 5.74) is 2.74. The van der Waals surface area contributed by atoms with E-state index in [1.165, 1.54) is 42.3 Å². The molecular weight excluding hydrogens is 545 g/mol. The Morgan fingerprint density at radius 3 is 2.24 bits per heavy atom. The third-order valence-electron chi connectivity index (χ3n) is 6.30. The van der Waals surface area contributed by atoms with Gasteiger partial charge in [0.25, 0.3) is 10.0 Å². The van der Waals surface area contributed by atoms with Crippen molar-refractivity contribution in [3.63, 3.8) is 0 Å². The Morgan fingerprint density at radius 1 is 0.974 bits per heavy atom. The Morgan fingerprint density at radius 2 is 1.63 bits per heavy atom. The van der Waals surface area contributed by atoms with E-state index in [9.17, 15) is 18.0 Å². The van der Waals surface area contributed by atoms with Crippen molar-refractivity contribution in [1.29, 1.82) is 0 Å². The third kappa shape index (κ3) is 6.67. The molecule has 0 aliphatic rings. The molecule has 1 N–H and O–H groups in total. The second kappa shape index (κ2) is 12.7. The fourth-order valence-corrected chi connectivity index (χ4v) is 5.95. The molecule has 0 heterocycles. The fraction of sp³-hybridized carbons (Fsp3) is 0.286. The minimum Gasteiger partial charge on any atom is -0.357 e. The lowest BCUT2D eigenvalue weighted by Crippen LogP contribution is -2.51. The van der Waals surface area contributed by atoms with Crippen LogP contribution in [0.4, 0.5) is 5.69 Å². The maximum Gasteiger partial charge on any atom is 0.264 e. The molecule has 0 saturated carbocycles. The van der Waals surface area contributed by atoms with E-state index in [-0.39, 0.29) is 33.1 Å². The molecule has 10 heteroatoms. The highest BCUT2D eigenvalue weighted by molar-refractivity contribution is 7.92. The van der Waals surface area contributed by atoms with Crippen LogP contribution < -0.4 is 9.62 Å². The summed E-state index contributed by atoms with van der Waals surface area (Å²) in [6, 6.07) is 17.4. The average Bonchev–Trinajstić information content (AvgIpc) is 2.89. The van der Waals surface area contributed by atoms with E-state index in [4.69, 9.17) is 23.2 Å². The van der Waals surface area contributed by atoms with Crippen LogP contribution in [0.25, 0.3) is 0 Å². The van der Waals surface area contributed by atoms with Gasteiger partial charge in [-0.15, -0.1) is 0 Å². The number of hydrogen-bond acceptors (Lipinski definition) is 4. The largest absolute Gasteiger partial charge is 0.357 e. The average molecular weight is 577 g/mol. The van der Waals surface area contributed by atoms with Gasteiger partial charge in [0.05, 0.1) is 15.6 Å². The molecule has 1 unspecified atom stereocenters. The zero-order chi connectivity index (χ0) is 28.0. The lowest BCUT2D eigenvalue weighted by molar-refractivity contribution is -0.140. The highest BCUT2D eigenvalue weighted by Gasteiger charge is 2.34. The number of amides is 2. The number of aryl methyl sites for hydroxylation is 2. The molecule has 202 valence electrons. The maximum absolute atomic E-state index is 14.0. The summed E-state index contributed by atoms with van der Waals surface area (Å²) >= 11 is 12.6. The summed E-state index contributed by atoms with van der Waals surface area (Å²) in [5, 5.41) is 2.98. The van der Waals surface area contributed by atoms with Crippen molar-refractivity contribution in [3.05, 3.63) is 93.5 Å². The molecular formula is C28H31Cl2N3O4S. The lowest BCUT2D eigenvalue weighted by Gasteiger charge is -2.33. The number of carbonyl (C=O) groups excluding carboxylic acids is 2. The van der Waals surface area contributed by atoms with Crippen molar-refractivity contribution in [1.82, 2.24) is 10.2 Å². The van der Waals surface area contributed by atoms with Gasteiger partial charge in [0, 0.05) is 18.6 Å². The van der Waals surface area contributed by atoms with Crippen LogP contribution in [-0.2, 0) is 26.2 Å². The Labute approximate surface area is 234 Å². The molecule has 2 amide bonds. The summed E-state index contributed by atoms with van der Waals surface area (Å²) in [7, 11) is -2.73. The maximum atomic E-state index is 14.0. The molecule has 0 bridgehead atoms. The predicted octanol–water partition coefficient (Wildman–Crippen LogP) is 5.36. The molecule has 7 nitrogen and oxygen atoms in total. The fourth-order valence-electron chi connectivity index (χ4n) is 4.08. The van der Waals surface area contributed by atoms with Gasteiger partial charge >= 0.3 is 0 Å². The van der Waals surface area contributed by atoms with Crippen LogP contribution in [0.1, 0.15) is 30.0 Å². The summed E-state index contributed by atoms with van der Waals surface area (Å²) in [5.74, 6) is -0.904. The molecule has 3 aromatic carbocycles. The van der Waals surface area contributed by atoms with Crippen molar-refractivity contribution >= 4 is 50.7 Å². The lowest BCUT2D eigenvalue weighted by atomic mass is 10.1. The molecule has 3 rings (SSSR count). The first kappa shape index (κ1) is 29.5. The van der Waals surface area contributed by atoms with Gasteiger partial charge in [-0.05, 0) is 61.7 Å². The molecule has 0 fully saturated rings. The van der Waals surface area contributed by atoms with Crippen molar-refractivity contribution in [2.75, 3.05) is 17.9 Å². The number of sulfonamides is 1. The number of rotatable bonds is 10. The molecule has 0 aliphatic carbocycles. The Balaban J connectivity index is 2.12. The number of carbonyl (C=O) groups is 2. The van der Waals surface area contributed by atoms with E-state index in [1.807, 2.05) is 38.1 Å². The van der Waals surface area contributed by atoms with Gasteiger partial charge < -0.3 is 10.2 Å². The first-order valence-electron chi connectivity index (χ1n) is 12.1. The van der Waals surface area contributed by atoms with E-state index in [2.05, 4.69) is 5.32 Å². The Hall–Kier alpha value is -3.07. The van der Waals surface area contributed by atoms with Gasteiger partial charge in [-0.1, -0.05) is 72.1 Å². The smallest absolute Gasteiger partial charge is 0.264 e. The van der Waals surface area contributed by atoms with Crippen LogP contribution in [0.5, 0.6) is 0 Å². The normalized spacial score (nSPS) is 12.1. The highest BCUT2D eigenvalue weighted by Crippen LogP contribution is 2.33. The van der Waals surface area contributed by atoms with E-state index in [1.54, 1.807) is 19.1 Å². The molecule has 0 saturated heterocycles. The number of benzene rings is 3. The molecule has 38 heavy (non-hydrogen) atoms. The van der Waals surface area contributed by atoms with Crippen LogP contribution in [-0.4, -0.2) is 44.8 Å². The second-order valence-corrected chi connectivity index (χ2v) is 11.6. The van der Waals surface area contributed by atoms with E-state index in [0.29, 0.717) is 6.42 Å². The molecule has 0 aliphatic heterocycles. The second-order valence-electron chi connectivity index (χ2n) is 8.91. The van der Waals surface area contributed by atoms with Crippen LogP contribution in [0, 0.1) is 13.8 Å².